The minimum absolute atomic E-state index is 0.0357. The number of hydrogen-bond donors (Lipinski definition) is 2. The van der Waals surface area contributed by atoms with E-state index in [0.717, 1.165) is 12.1 Å². The van der Waals surface area contributed by atoms with Crippen molar-refractivity contribution < 1.29 is 13.2 Å². The number of nitrogen functional groups attached to an aromatic ring is 1. The molecule has 0 radical (unpaired) electrons. The van der Waals surface area contributed by atoms with Crippen molar-refractivity contribution >= 4 is 5.82 Å². The molecule has 0 spiro atoms. The Labute approximate surface area is 94.7 Å². The van der Waals surface area contributed by atoms with Crippen molar-refractivity contribution in [2.75, 3.05) is 5.73 Å². The topological polar surface area (TPSA) is 67.6 Å². The minimum Gasteiger partial charge on any atom is -0.384 e. The maximum atomic E-state index is 12.8. The lowest BCUT2D eigenvalue weighted by Gasteiger charge is -2.11. The number of nitrogens with zero attached hydrogens (tertiary/aromatic N) is 2. The lowest BCUT2D eigenvalue weighted by atomic mass is 10.1. The van der Waals surface area contributed by atoms with Crippen molar-refractivity contribution in [1.29, 1.82) is 0 Å². The van der Waals surface area contributed by atoms with Gasteiger partial charge in [-0.05, 0) is 19.1 Å². The molecule has 2 aromatic rings. The first-order chi connectivity index (χ1) is 7.89. The molecule has 3 N–H and O–H groups in total. The van der Waals surface area contributed by atoms with Gasteiger partial charge in [-0.1, -0.05) is 0 Å². The number of hydrogen-bond acceptors (Lipinski definition) is 3. The Hall–Kier alpha value is -2.05. The Bertz CT molecular complexity index is 545. The molecule has 0 saturated carbocycles. The van der Waals surface area contributed by atoms with E-state index in [1.165, 1.54) is 6.20 Å². The number of halogens is 3. The Kier molecular flexibility index (Phi) is 2.53. The smallest absolute Gasteiger partial charge is 0.384 e. The third-order valence-corrected chi connectivity index (χ3v) is 2.31. The average molecular weight is 242 g/mol. The monoisotopic (exact) mass is 242 g/mol. The molecule has 2 rings (SSSR count). The van der Waals surface area contributed by atoms with Crippen LogP contribution in [0.2, 0.25) is 0 Å². The highest BCUT2D eigenvalue weighted by Crippen LogP contribution is 2.36. The number of nitrogens with one attached hydrogen (secondary N) is 1. The molecule has 0 unspecified atom stereocenters. The lowest BCUT2D eigenvalue weighted by molar-refractivity contribution is -0.137. The van der Waals surface area contributed by atoms with Crippen molar-refractivity contribution in [3.05, 3.63) is 29.6 Å². The maximum Gasteiger partial charge on any atom is 0.418 e. The van der Waals surface area contributed by atoms with Crippen molar-refractivity contribution in [2.24, 2.45) is 0 Å². The van der Waals surface area contributed by atoms with Gasteiger partial charge in [-0.3, -0.25) is 5.10 Å². The highest BCUT2D eigenvalue weighted by Gasteiger charge is 2.35. The van der Waals surface area contributed by atoms with Gasteiger partial charge in [0.05, 0.1) is 17.5 Å². The van der Waals surface area contributed by atoms with Crippen LogP contribution in [0.4, 0.5) is 19.0 Å². The Morgan fingerprint density at radius 2 is 2.00 bits per heavy atom. The number of aryl methyl sites for hydroxylation is 1. The van der Waals surface area contributed by atoms with Crippen LogP contribution in [0.25, 0.3) is 11.3 Å². The zero-order chi connectivity index (χ0) is 12.6. The van der Waals surface area contributed by atoms with Gasteiger partial charge in [0.2, 0.25) is 0 Å². The standard InChI is InChI=1S/C10H9F3N4/c1-5-6(4-15-17-5)9-7(10(11,12)13)2-3-8(14)16-9/h2-4H,1H3,(H2,14,16)(H,15,17). The lowest BCUT2D eigenvalue weighted by Crippen LogP contribution is -2.09. The quantitative estimate of drug-likeness (QED) is 0.806. The highest BCUT2D eigenvalue weighted by atomic mass is 19.4. The van der Waals surface area contributed by atoms with E-state index in [0.29, 0.717) is 11.3 Å². The summed E-state index contributed by atoms with van der Waals surface area (Å²) in [6, 6.07) is 2.05. The van der Waals surface area contributed by atoms with E-state index in [2.05, 4.69) is 15.2 Å². The molecule has 0 bridgehead atoms. The molecule has 4 nitrogen and oxygen atoms in total. The summed E-state index contributed by atoms with van der Waals surface area (Å²) in [6.07, 6.45) is -3.17. The molecule has 0 aliphatic carbocycles. The maximum absolute atomic E-state index is 12.8. The third-order valence-electron chi connectivity index (χ3n) is 2.31. The largest absolute Gasteiger partial charge is 0.418 e. The normalized spacial score (nSPS) is 11.8. The molecule has 0 amide bonds. The van der Waals surface area contributed by atoms with Crippen LogP contribution in [0.3, 0.4) is 0 Å². The second-order valence-corrected chi connectivity index (χ2v) is 3.54. The van der Waals surface area contributed by atoms with Gasteiger partial charge in [0.15, 0.2) is 0 Å². The van der Waals surface area contributed by atoms with Crippen LogP contribution < -0.4 is 5.73 Å². The zero-order valence-electron chi connectivity index (χ0n) is 8.84. The summed E-state index contributed by atoms with van der Waals surface area (Å²) in [7, 11) is 0. The first kappa shape index (κ1) is 11.4. The molecular weight excluding hydrogens is 233 g/mol. The number of rotatable bonds is 1. The van der Waals surface area contributed by atoms with Crippen LogP contribution in [-0.2, 0) is 6.18 Å². The first-order valence-electron chi connectivity index (χ1n) is 4.73. The summed E-state index contributed by atoms with van der Waals surface area (Å²) < 4.78 is 38.4. The van der Waals surface area contributed by atoms with Gasteiger partial charge in [0.1, 0.15) is 5.82 Å². The van der Waals surface area contributed by atoms with E-state index < -0.39 is 11.7 Å². The number of anilines is 1. The van der Waals surface area contributed by atoms with Gasteiger partial charge in [-0.2, -0.15) is 18.3 Å². The van der Waals surface area contributed by atoms with Crippen molar-refractivity contribution in [1.82, 2.24) is 15.2 Å². The van der Waals surface area contributed by atoms with Crippen LogP contribution in [0.15, 0.2) is 18.3 Å². The summed E-state index contributed by atoms with van der Waals surface area (Å²) in [5.41, 5.74) is 5.19. The predicted octanol–water partition coefficient (Wildman–Crippen LogP) is 2.38. The van der Waals surface area contributed by atoms with E-state index >= 15 is 0 Å². The number of nitrogens with two attached hydrogens (primary N) is 1. The summed E-state index contributed by atoms with van der Waals surface area (Å²) in [4.78, 5) is 3.74. The molecule has 2 aromatic heterocycles. The molecular formula is C10H9F3N4. The van der Waals surface area contributed by atoms with Crippen LogP contribution >= 0.6 is 0 Å². The van der Waals surface area contributed by atoms with Crippen LogP contribution in [0.5, 0.6) is 0 Å². The molecule has 0 aliphatic heterocycles. The molecule has 0 fully saturated rings. The summed E-state index contributed by atoms with van der Waals surface area (Å²) in [6.45, 7) is 1.62. The summed E-state index contributed by atoms with van der Waals surface area (Å²) in [5.74, 6) is 0.0357. The van der Waals surface area contributed by atoms with Crippen molar-refractivity contribution in [3.63, 3.8) is 0 Å². The van der Waals surface area contributed by atoms with Gasteiger partial charge in [0.25, 0.3) is 0 Å². The SMILES string of the molecule is Cc1[nH]ncc1-c1nc(N)ccc1C(F)(F)F. The molecule has 90 valence electrons. The molecule has 0 aliphatic rings. The van der Waals surface area contributed by atoms with Crippen molar-refractivity contribution in [2.45, 2.75) is 13.1 Å². The molecule has 0 saturated heterocycles. The Morgan fingerprint density at radius 1 is 1.29 bits per heavy atom. The minimum atomic E-state index is -4.47. The van der Waals surface area contributed by atoms with Gasteiger partial charge < -0.3 is 5.73 Å². The van der Waals surface area contributed by atoms with E-state index in [4.69, 9.17) is 5.73 Å². The van der Waals surface area contributed by atoms with Crippen LogP contribution in [-0.4, -0.2) is 15.2 Å². The fourth-order valence-corrected chi connectivity index (χ4v) is 1.50. The second-order valence-electron chi connectivity index (χ2n) is 3.54. The molecule has 2 heterocycles. The van der Waals surface area contributed by atoms with Gasteiger partial charge >= 0.3 is 6.18 Å². The number of alkyl halides is 3. The number of aromatic nitrogens is 3. The summed E-state index contributed by atoms with van der Waals surface area (Å²) >= 11 is 0. The van der Waals surface area contributed by atoms with Crippen LogP contribution in [0.1, 0.15) is 11.3 Å². The third kappa shape index (κ3) is 2.08. The van der Waals surface area contributed by atoms with E-state index in [1.807, 2.05) is 0 Å². The zero-order valence-corrected chi connectivity index (χ0v) is 8.84. The van der Waals surface area contributed by atoms with Gasteiger partial charge in [-0.25, -0.2) is 4.98 Å². The number of aromatic amines is 1. The fraction of sp³-hybridized carbons (Fsp3) is 0.200. The van der Waals surface area contributed by atoms with E-state index in [-0.39, 0.29) is 11.5 Å². The molecule has 17 heavy (non-hydrogen) atoms. The average Bonchev–Trinajstić information content (AvgIpc) is 2.62. The molecule has 7 heteroatoms. The molecule has 0 atom stereocenters. The fourth-order valence-electron chi connectivity index (χ4n) is 1.50. The Balaban J connectivity index is 2.68. The highest BCUT2D eigenvalue weighted by molar-refractivity contribution is 5.66. The second kappa shape index (κ2) is 3.76. The van der Waals surface area contributed by atoms with Crippen molar-refractivity contribution in [3.8, 4) is 11.3 Å². The molecule has 0 aromatic carbocycles. The predicted molar refractivity (Wildman–Crippen MR) is 56.0 cm³/mol. The Morgan fingerprint density at radius 3 is 2.53 bits per heavy atom. The van der Waals surface area contributed by atoms with E-state index in [9.17, 15) is 13.2 Å². The first-order valence-corrected chi connectivity index (χ1v) is 4.73. The van der Waals surface area contributed by atoms with Gasteiger partial charge in [0, 0.05) is 11.3 Å². The van der Waals surface area contributed by atoms with Gasteiger partial charge in [-0.15, -0.1) is 0 Å². The summed E-state index contributed by atoms with van der Waals surface area (Å²) in [5, 5.41) is 6.24. The van der Waals surface area contributed by atoms with E-state index in [1.54, 1.807) is 6.92 Å². The van der Waals surface area contributed by atoms with Crippen LogP contribution in [0, 0.1) is 6.92 Å². The number of pyridine rings is 1. The number of H-pyrrole nitrogens is 1.